The zero-order chi connectivity index (χ0) is 11.3. The van der Waals surface area contributed by atoms with E-state index in [2.05, 4.69) is 0 Å². The first-order chi connectivity index (χ1) is 7.16. The third-order valence-corrected chi connectivity index (χ3v) is 2.46. The highest BCUT2D eigenvalue weighted by atomic mass is 16.4. The number of nitrogens with zero attached hydrogens (tertiary/aromatic N) is 1. The molecule has 1 amide bonds. The average Bonchev–Trinajstić information content (AvgIpc) is 2.26. The number of carboxylic acid groups (broad SMARTS) is 1. The molecule has 1 N–H and O–H groups in total. The van der Waals surface area contributed by atoms with Crippen LogP contribution in [-0.4, -0.2) is 22.6 Å². The van der Waals surface area contributed by atoms with E-state index in [0.717, 1.165) is 12.0 Å². The van der Waals surface area contributed by atoms with Crippen LogP contribution in [-0.2, 0) is 0 Å². The second-order valence-electron chi connectivity index (χ2n) is 3.56. The first-order valence-corrected chi connectivity index (χ1v) is 5.21. The predicted molar refractivity (Wildman–Crippen MR) is 59.9 cm³/mol. The minimum atomic E-state index is -0.854. The molecule has 15 heavy (non-hydrogen) atoms. The van der Waals surface area contributed by atoms with Gasteiger partial charge in [-0.3, -0.25) is 0 Å². The second kappa shape index (κ2) is 5.39. The summed E-state index contributed by atoms with van der Waals surface area (Å²) in [6.07, 6.45) is -0.0167. The molecule has 0 aliphatic heterocycles. The Hall–Kier alpha value is -1.51. The van der Waals surface area contributed by atoms with Crippen LogP contribution in [0.25, 0.3) is 0 Å². The van der Waals surface area contributed by atoms with Crippen LogP contribution in [0.4, 0.5) is 4.79 Å². The van der Waals surface area contributed by atoms with Gasteiger partial charge in [-0.25, -0.2) is 4.79 Å². The summed E-state index contributed by atoms with van der Waals surface area (Å²) in [6, 6.07) is 9.62. The SMILES string of the molecule is CCCN(C(=O)O)C(C)c1ccccc1. The summed E-state index contributed by atoms with van der Waals surface area (Å²) < 4.78 is 0. The predicted octanol–water partition coefficient (Wildman–Crippen LogP) is 3.14. The van der Waals surface area contributed by atoms with E-state index >= 15 is 0 Å². The van der Waals surface area contributed by atoms with E-state index < -0.39 is 6.09 Å². The Labute approximate surface area is 90.3 Å². The Kier molecular flexibility index (Phi) is 4.16. The summed E-state index contributed by atoms with van der Waals surface area (Å²) in [5.41, 5.74) is 1.04. The molecule has 0 saturated carbocycles. The van der Waals surface area contributed by atoms with Crippen LogP contribution in [0.5, 0.6) is 0 Å². The fraction of sp³-hybridized carbons (Fsp3) is 0.417. The highest BCUT2D eigenvalue weighted by molar-refractivity contribution is 5.65. The van der Waals surface area contributed by atoms with Crippen LogP contribution >= 0.6 is 0 Å². The summed E-state index contributed by atoms with van der Waals surface area (Å²) in [5, 5.41) is 9.06. The van der Waals surface area contributed by atoms with Crippen LogP contribution < -0.4 is 0 Å². The van der Waals surface area contributed by atoms with Gasteiger partial charge in [0.2, 0.25) is 0 Å². The van der Waals surface area contributed by atoms with Crippen molar-refractivity contribution in [1.82, 2.24) is 4.90 Å². The molecule has 0 fully saturated rings. The lowest BCUT2D eigenvalue weighted by Crippen LogP contribution is -2.32. The molecule has 1 aromatic rings. The molecule has 0 radical (unpaired) electrons. The van der Waals surface area contributed by atoms with Crippen LogP contribution in [0, 0.1) is 0 Å². The van der Waals surface area contributed by atoms with Crippen LogP contribution in [0.1, 0.15) is 31.9 Å². The molecule has 0 aliphatic rings. The summed E-state index contributed by atoms with van der Waals surface area (Å²) in [5.74, 6) is 0. The van der Waals surface area contributed by atoms with Gasteiger partial charge < -0.3 is 10.0 Å². The van der Waals surface area contributed by atoms with E-state index in [1.165, 1.54) is 4.90 Å². The van der Waals surface area contributed by atoms with E-state index in [4.69, 9.17) is 5.11 Å². The molecule has 0 aliphatic carbocycles. The van der Waals surface area contributed by atoms with Gasteiger partial charge in [-0.05, 0) is 18.9 Å². The fourth-order valence-corrected chi connectivity index (χ4v) is 1.61. The van der Waals surface area contributed by atoms with Crippen molar-refractivity contribution >= 4 is 6.09 Å². The number of rotatable bonds is 4. The number of benzene rings is 1. The summed E-state index contributed by atoms with van der Waals surface area (Å²) >= 11 is 0. The Bertz CT molecular complexity index is 311. The van der Waals surface area contributed by atoms with Gasteiger partial charge in [0.15, 0.2) is 0 Å². The molecular weight excluding hydrogens is 190 g/mol. The monoisotopic (exact) mass is 207 g/mol. The van der Waals surface area contributed by atoms with Crippen molar-refractivity contribution in [1.29, 1.82) is 0 Å². The van der Waals surface area contributed by atoms with Crippen LogP contribution in [0.15, 0.2) is 30.3 Å². The highest BCUT2D eigenvalue weighted by Gasteiger charge is 2.19. The van der Waals surface area contributed by atoms with E-state index in [1.54, 1.807) is 0 Å². The smallest absolute Gasteiger partial charge is 0.407 e. The summed E-state index contributed by atoms with van der Waals surface area (Å²) in [7, 11) is 0. The maximum Gasteiger partial charge on any atom is 0.407 e. The Morgan fingerprint density at radius 1 is 1.40 bits per heavy atom. The number of amides is 1. The topological polar surface area (TPSA) is 40.5 Å². The molecule has 0 spiro atoms. The Morgan fingerprint density at radius 3 is 2.47 bits per heavy atom. The van der Waals surface area contributed by atoms with Gasteiger partial charge in [0, 0.05) is 6.54 Å². The van der Waals surface area contributed by atoms with Crippen molar-refractivity contribution in [2.24, 2.45) is 0 Å². The third-order valence-electron chi connectivity index (χ3n) is 2.46. The van der Waals surface area contributed by atoms with Crippen molar-refractivity contribution in [3.8, 4) is 0 Å². The van der Waals surface area contributed by atoms with E-state index in [9.17, 15) is 4.79 Å². The first-order valence-electron chi connectivity index (χ1n) is 5.21. The number of carbonyl (C=O) groups is 1. The molecule has 1 aromatic carbocycles. The Balaban J connectivity index is 2.81. The van der Waals surface area contributed by atoms with E-state index in [1.807, 2.05) is 44.2 Å². The molecular formula is C12H17NO2. The van der Waals surface area contributed by atoms with Crippen molar-refractivity contribution in [3.05, 3.63) is 35.9 Å². The molecule has 0 heterocycles. The van der Waals surface area contributed by atoms with Gasteiger partial charge in [-0.1, -0.05) is 37.3 Å². The van der Waals surface area contributed by atoms with Crippen molar-refractivity contribution in [2.45, 2.75) is 26.3 Å². The Morgan fingerprint density at radius 2 is 2.00 bits per heavy atom. The molecule has 1 unspecified atom stereocenters. The largest absolute Gasteiger partial charge is 0.465 e. The van der Waals surface area contributed by atoms with Crippen molar-refractivity contribution < 1.29 is 9.90 Å². The molecule has 1 rings (SSSR count). The molecule has 82 valence electrons. The molecule has 0 bridgehead atoms. The number of hydrogen-bond acceptors (Lipinski definition) is 1. The summed E-state index contributed by atoms with van der Waals surface area (Å²) in [4.78, 5) is 12.5. The van der Waals surface area contributed by atoms with Crippen molar-refractivity contribution in [3.63, 3.8) is 0 Å². The lowest BCUT2D eigenvalue weighted by molar-refractivity contribution is 0.128. The van der Waals surface area contributed by atoms with E-state index in [-0.39, 0.29) is 6.04 Å². The van der Waals surface area contributed by atoms with Crippen molar-refractivity contribution in [2.75, 3.05) is 6.54 Å². The minimum Gasteiger partial charge on any atom is -0.465 e. The standard InChI is InChI=1S/C12H17NO2/c1-3-9-13(12(14)15)10(2)11-7-5-4-6-8-11/h4-8,10H,3,9H2,1-2H3,(H,14,15). The average molecular weight is 207 g/mol. The van der Waals surface area contributed by atoms with Gasteiger partial charge in [0.1, 0.15) is 0 Å². The molecule has 0 saturated heterocycles. The second-order valence-corrected chi connectivity index (χ2v) is 3.56. The maximum absolute atomic E-state index is 11.0. The lowest BCUT2D eigenvalue weighted by atomic mass is 10.1. The fourth-order valence-electron chi connectivity index (χ4n) is 1.61. The van der Waals surface area contributed by atoms with Gasteiger partial charge in [0.25, 0.3) is 0 Å². The molecule has 3 heteroatoms. The summed E-state index contributed by atoms with van der Waals surface area (Å²) in [6.45, 7) is 4.47. The van der Waals surface area contributed by atoms with Gasteiger partial charge in [-0.2, -0.15) is 0 Å². The maximum atomic E-state index is 11.0. The zero-order valence-electron chi connectivity index (χ0n) is 9.18. The van der Waals surface area contributed by atoms with Gasteiger partial charge in [-0.15, -0.1) is 0 Å². The minimum absolute atomic E-state index is 0.0800. The third kappa shape index (κ3) is 2.98. The molecule has 1 atom stereocenters. The molecule has 0 aromatic heterocycles. The van der Waals surface area contributed by atoms with Crippen LogP contribution in [0.2, 0.25) is 0 Å². The van der Waals surface area contributed by atoms with E-state index in [0.29, 0.717) is 6.54 Å². The zero-order valence-corrected chi connectivity index (χ0v) is 9.18. The van der Waals surface area contributed by atoms with Gasteiger partial charge in [0.05, 0.1) is 6.04 Å². The quantitative estimate of drug-likeness (QED) is 0.824. The first kappa shape index (κ1) is 11.6. The molecule has 3 nitrogen and oxygen atoms in total. The van der Waals surface area contributed by atoms with Crippen LogP contribution in [0.3, 0.4) is 0 Å². The highest BCUT2D eigenvalue weighted by Crippen LogP contribution is 2.19. The normalized spacial score (nSPS) is 12.1. The lowest BCUT2D eigenvalue weighted by Gasteiger charge is -2.26. The number of hydrogen-bond donors (Lipinski definition) is 1. The van der Waals surface area contributed by atoms with Gasteiger partial charge >= 0.3 is 6.09 Å².